The van der Waals surface area contributed by atoms with E-state index in [2.05, 4.69) is 17.4 Å². The van der Waals surface area contributed by atoms with Crippen molar-refractivity contribution in [2.75, 3.05) is 26.9 Å². The van der Waals surface area contributed by atoms with Crippen LogP contribution in [0.15, 0.2) is 12.1 Å². The second-order valence-corrected chi connectivity index (χ2v) is 5.05. The maximum absolute atomic E-state index is 12.1. The Bertz CT molecular complexity index is 415. The highest BCUT2D eigenvalue weighted by atomic mass is 19.3. The first kappa shape index (κ1) is 17.9. The number of hydrogen-bond acceptors (Lipinski definition) is 3. The summed E-state index contributed by atoms with van der Waals surface area (Å²) in [4.78, 5) is 0. The van der Waals surface area contributed by atoms with Gasteiger partial charge in [0.2, 0.25) is 0 Å². The maximum Gasteiger partial charge on any atom is 0.261 e. The van der Waals surface area contributed by atoms with Gasteiger partial charge in [-0.1, -0.05) is 19.1 Å². The smallest absolute Gasteiger partial charge is 0.261 e. The van der Waals surface area contributed by atoms with Crippen molar-refractivity contribution in [1.82, 2.24) is 5.32 Å². The second kappa shape index (κ2) is 8.95. The Hall–Kier alpha value is -1.20. The molecule has 0 aliphatic carbocycles. The van der Waals surface area contributed by atoms with Crippen LogP contribution in [0.1, 0.15) is 36.1 Å². The van der Waals surface area contributed by atoms with Crippen LogP contribution in [0.25, 0.3) is 0 Å². The molecule has 1 atom stereocenters. The van der Waals surface area contributed by atoms with Crippen molar-refractivity contribution in [2.45, 2.75) is 39.7 Å². The zero-order chi connectivity index (χ0) is 15.8. The molecule has 1 aromatic carbocycles. The van der Waals surface area contributed by atoms with E-state index in [0.717, 1.165) is 29.0 Å². The van der Waals surface area contributed by atoms with Gasteiger partial charge in [-0.05, 0) is 43.5 Å². The number of nitrogens with one attached hydrogen (secondary N) is 1. The highest BCUT2D eigenvalue weighted by Crippen LogP contribution is 2.28. The van der Waals surface area contributed by atoms with Gasteiger partial charge in [0, 0.05) is 12.6 Å². The first-order valence-electron chi connectivity index (χ1n) is 7.24. The first-order valence-corrected chi connectivity index (χ1v) is 7.24. The minimum atomic E-state index is -2.41. The summed E-state index contributed by atoms with van der Waals surface area (Å²) in [6, 6.07) is 4.24. The summed E-state index contributed by atoms with van der Waals surface area (Å²) in [5.41, 5.74) is 3.28. The number of halogens is 2. The van der Waals surface area contributed by atoms with Gasteiger partial charge in [-0.15, -0.1) is 0 Å². The van der Waals surface area contributed by atoms with Gasteiger partial charge in [0.25, 0.3) is 6.43 Å². The molecule has 5 heteroatoms. The van der Waals surface area contributed by atoms with E-state index in [0.29, 0.717) is 13.0 Å². The number of rotatable bonds is 9. The van der Waals surface area contributed by atoms with Gasteiger partial charge in [-0.2, -0.15) is 0 Å². The topological polar surface area (TPSA) is 30.5 Å². The molecule has 3 nitrogen and oxygen atoms in total. The van der Waals surface area contributed by atoms with Crippen LogP contribution in [0.5, 0.6) is 5.75 Å². The summed E-state index contributed by atoms with van der Waals surface area (Å²) in [5.74, 6) is 0.892. The molecule has 0 aromatic heterocycles. The summed E-state index contributed by atoms with van der Waals surface area (Å²) < 4.78 is 34.5. The molecule has 1 unspecified atom stereocenters. The van der Waals surface area contributed by atoms with E-state index < -0.39 is 13.0 Å². The zero-order valence-electron chi connectivity index (χ0n) is 13.2. The van der Waals surface area contributed by atoms with Crippen LogP contribution >= 0.6 is 0 Å². The monoisotopic (exact) mass is 301 g/mol. The van der Waals surface area contributed by atoms with Crippen LogP contribution in [-0.2, 0) is 4.74 Å². The molecule has 0 radical (unpaired) electrons. The standard InChI is InChI=1S/C16H25F2NO2/c1-5-19-14(6-7-21-10-15(17)18)13-8-11(2)16(20-4)12(3)9-13/h8-9,14-15,19H,5-7,10H2,1-4H3. The lowest BCUT2D eigenvalue weighted by Gasteiger charge is -2.21. The molecule has 0 aliphatic rings. The molecule has 0 aliphatic heterocycles. The molecule has 0 bridgehead atoms. The lowest BCUT2D eigenvalue weighted by atomic mass is 9.98. The van der Waals surface area contributed by atoms with Gasteiger partial charge >= 0.3 is 0 Å². The SMILES string of the molecule is CCNC(CCOCC(F)F)c1cc(C)c(OC)c(C)c1. The molecule has 0 heterocycles. The number of aryl methyl sites for hydroxylation is 2. The van der Waals surface area contributed by atoms with Crippen molar-refractivity contribution in [3.63, 3.8) is 0 Å². The number of alkyl halides is 2. The minimum absolute atomic E-state index is 0.0935. The van der Waals surface area contributed by atoms with Gasteiger partial charge in [0.1, 0.15) is 12.4 Å². The quantitative estimate of drug-likeness (QED) is 0.706. The van der Waals surface area contributed by atoms with Gasteiger partial charge in [0.05, 0.1) is 7.11 Å². The molecule has 120 valence electrons. The zero-order valence-corrected chi connectivity index (χ0v) is 13.2. The first-order chi connectivity index (χ1) is 9.99. The van der Waals surface area contributed by atoms with Gasteiger partial charge in [-0.25, -0.2) is 8.78 Å². The van der Waals surface area contributed by atoms with E-state index >= 15 is 0 Å². The van der Waals surface area contributed by atoms with E-state index in [1.54, 1.807) is 7.11 Å². The average molecular weight is 301 g/mol. The van der Waals surface area contributed by atoms with Crippen LogP contribution in [0.3, 0.4) is 0 Å². The van der Waals surface area contributed by atoms with Crippen molar-refractivity contribution in [1.29, 1.82) is 0 Å². The van der Waals surface area contributed by atoms with Crippen molar-refractivity contribution < 1.29 is 18.3 Å². The molecule has 0 spiro atoms. The van der Waals surface area contributed by atoms with E-state index in [-0.39, 0.29) is 6.04 Å². The van der Waals surface area contributed by atoms with E-state index in [1.165, 1.54) is 0 Å². The predicted octanol–water partition coefficient (Wildman–Crippen LogP) is 3.63. The second-order valence-electron chi connectivity index (χ2n) is 5.05. The summed E-state index contributed by atoms with van der Waals surface area (Å²) in [6.07, 6.45) is -1.75. The Morgan fingerprint density at radius 2 is 1.81 bits per heavy atom. The highest BCUT2D eigenvalue weighted by Gasteiger charge is 2.14. The fourth-order valence-corrected chi connectivity index (χ4v) is 2.51. The molecule has 0 amide bonds. The van der Waals surface area contributed by atoms with E-state index in [9.17, 15) is 8.78 Å². The fraction of sp³-hybridized carbons (Fsp3) is 0.625. The average Bonchev–Trinajstić information content (AvgIpc) is 2.41. The highest BCUT2D eigenvalue weighted by molar-refractivity contribution is 5.44. The van der Waals surface area contributed by atoms with Crippen molar-refractivity contribution >= 4 is 0 Å². The molecule has 21 heavy (non-hydrogen) atoms. The summed E-state index contributed by atoms with van der Waals surface area (Å²) >= 11 is 0. The van der Waals surface area contributed by atoms with Crippen molar-refractivity contribution in [2.24, 2.45) is 0 Å². The third kappa shape index (κ3) is 5.59. The Kier molecular flexibility index (Phi) is 7.61. The molecule has 0 saturated carbocycles. The molecule has 1 N–H and O–H groups in total. The maximum atomic E-state index is 12.1. The molecule has 1 aromatic rings. The number of ether oxygens (including phenoxy) is 2. The Morgan fingerprint density at radius 3 is 2.29 bits per heavy atom. The predicted molar refractivity (Wildman–Crippen MR) is 80.3 cm³/mol. The lowest BCUT2D eigenvalue weighted by Crippen LogP contribution is -2.23. The lowest BCUT2D eigenvalue weighted by molar-refractivity contribution is 0.0144. The number of methoxy groups -OCH3 is 1. The number of benzene rings is 1. The molecule has 0 saturated heterocycles. The Morgan fingerprint density at radius 1 is 1.19 bits per heavy atom. The number of hydrogen-bond donors (Lipinski definition) is 1. The van der Waals surface area contributed by atoms with Crippen molar-refractivity contribution in [3.8, 4) is 5.75 Å². The van der Waals surface area contributed by atoms with Crippen LogP contribution in [-0.4, -0.2) is 33.3 Å². The largest absolute Gasteiger partial charge is 0.496 e. The summed E-state index contributed by atoms with van der Waals surface area (Å²) in [5, 5.41) is 3.37. The van der Waals surface area contributed by atoms with Crippen LogP contribution in [0.4, 0.5) is 8.78 Å². The minimum Gasteiger partial charge on any atom is -0.496 e. The van der Waals surface area contributed by atoms with Crippen LogP contribution in [0.2, 0.25) is 0 Å². The van der Waals surface area contributed by atoms with Gasteiger partial charge in [-0.3, -0.25) is 0 Å². The molecule has 0 fully saturated rings. The van der Waals surface area contributed by atoms with Crippen LogP contribution < -0.4 is 10.1 Å². The van der Waals surface area contributed by atoms with E-state index in [4.69, 9.17) is 9.47 Å². The normalized spacial score (nSPS) is 12.7. The molecule has 1 rings (SSSR count). The van der Waals surface area contributed by atoms with Gasteiger partial charge < -0.3 is 14.8 Å². The van der Waals surface area contributed by atoms with Gasteiger partial charge in [0.15, 0.2) is 0 Å². The fourth-order valence-electron chi connectivity index (χ4n) is 2.51. The summed E-state index contributed by atoms with van der Waals surface area (Å²) in [6.45, 7) is 6.66. The third-order valence-electron chi connectivity index (χ3n) is 3.33. The van der Waals surface area contributed by atoms with E-state index in [1.807, 2.05) is 20.8 Å². The summed E-state index contributed by atoms with van der Waals surface area (Å²) in [7, 11) is 1.66. The molecular weight excluding hydrogens is 276 g/mol. The van der Waals surface area contributed by atoms with Crippen LogP contribution in [0, 0.1) is 13.8 Å². The third-order valence-corrected chi connectivity index (χ3v) is 3.33. The van der Waals surface area contributed by atoms with Crippen molar-refractivity contribution in [3.05, 3.63) is 28.8 Å². The Labute approximate surface area is 125 Å². The Balaban J connectivity index is 2.76. The molecular formula is C16H25F2NO2.